The molecule has 0 unspecified atom stereocenters. The van der Waals surface area contributed by atoms with E-state index in [1.807, 2.05) is 12.1 Å². The summed E-state index contributed by atoms with van der Waals surface area (Å²) >= 11 is 0. The highest BCUT2D eigenvalue weighted by molar-refractivity contribution is 5.82. The van der Waals surface area contributed by atoms with E-state index in [0.29, 0.717) is 5.69 Å². The monoisotopic (exact) mass is 269 g/mol. The van der Waals surface area contributed by atoms with Gasteiger partial charge in [-0.3, -0.25) is 10.1 Å². The number of rotatable bonds is 3. The van der Waals surface area contributed by atoms with Crippen LogP contribution in [-0.2, 0) is 6.61 Å². The van der Waals surface area contributed by atoms with Crippen LogP contribution in [0.5, 0.6) is 0 Å². The fourth-order valence-electron chi connectivity index (χ4n) is 2.15. The van der Waals surface area contributed by atoms with Crippen LogP contribution in [0.4, 0.5) is 4.39 Å². The van der Waals surface area contributed by atoms with Gasteiger partial charge in [-0.05, 0) is 42.0 Å². The number of hydrogen-bond donors (Lipinski definition) is 2. The van der Waals surface area contributed by atoms with Crippen LogP contribution in [-0.4, -0.2) is 20.3 Å². The first kappa shape index (κ1) is 12.5. The molecule has 2 heterocycles. The van der Waals surface area contributed by atoms with Gasteiger partial charge in [0.15, 0.2) is 0 Å². The Hall–Kier alpha value is -2.53. The Kier molecular flexibility index (Phi) is 3.26. The Balaban J connectivity index is 2.17. The molecule has 3 aromatic rings. The molecule has 0 fully saturated rings. The van der Waals surface area contributed by atoms with Crippen molar-refractivity contribution >= 4 is 0 Å². The van der Waals surface area contributed by atoms with Crippen LogP contribution in [0.25, 0.3) is 22.4 Å². The van der Waals surface area contributed by atoms with Crippen LogP contribution in [0.2, 0.25) is 0 Å². The van der Waals surface area contributed by atoms with Gasteiger partial charge in [0.25, 0.3) is 0 Å². The molecule has 4 nitrogen and oxygen atoms in total. The maximum atomic E-state index is 13.0. The Morgan fingerprint density at radius 2 is 1.70 bits per heavy atom. The Labute approximate surface area is 114 Å². The van der Waals surface area contributed by atoms with Crippen molar-refractivity contribution in [3.05, 3.63) is 60.3 Å². The van der Waals surface area contributed by atoms with Gasteiger partial charge in [0.1, 0.15) is 5.82 Å². The molecule has 2 N–H and O–H groups in total. The highest BCUT2D eigenvalue weighted by Gasteiger charge is 2.15. The third-order valence-corrected chi connectivity index (χ3v) is 3.09. The van der Waals surface area contributed by atoms with Gasteiger partial charge in [0.2, 0.25) is 0 Å². The molecule has 0 aliphatic rings. The van der Waals surface area contributed by atoms with Crippen LogP contribution in [0, 0.1) is 5.82 Å². The molecule has 0 radical (unpaired) electrons. The van der Waals surface area contributed by atoms with E-state index in [-0.39, 0.29) is 12.4 Å². The summed E-state index contributed by atoms with van der Waals surface area (Å²) < 4.78 is 13.0. The number of H-pyrrole nitrogens is 1. The molecular formula is C15H12FN3O. The first-order valence-electron chi connectivity index (χ1n) is 6.14. The normalized spacial score (nSPS) is 10.7. The third kappa shape index (κ3) is 2.19. The molecule has 2 aromatic heterocycles. The molecule has 0 atom stereocenters. The first-order valence-corrected chi connectivity index (χ1v) is 6.14. The van der Waals surface area contributed by atoms with E-state index in [9.17, 15) is 9.50 Å². The van der Waals surface area contributed by atoms with Gasteiger partial charge in [0.05, 0.1) is 18.0 Å². The van der Waals surface area contributed by atoms with Crippen molar-refractivity contribution in [2.45, 2.75) is 6.61 Å². The number of aliphatic hydroxyl groups is 1. The second-order valence-electron chi connectivity index (χ2n) is 4.32. The Morgan fingerprint density at radius 1 is 1.00 bits per heavy atom. The second-order valence-corrected chi connectivity index (χ2v) is 4.32. The number of benzene rings is 1. The summed E-state index contributed by atoms with van der Waals surface area (Å²) in [7, 11) is 0. The number of aromatic nitrogens is 3. The second kappa shape index (κ2) is 5.22. The van der Waals surface area contributed by atoms with Gasteiger partial charge < -0.3 is 5.11 Å². The van der Waals surface area contributed by atoms with Gasteiger partial charge in [-0.15, -0.1) is 0 Å². The fourth-order valence-corrected chi connectivity index (χ4v) is 2.15. The summed E-state index contributed by atoms with van der Waals surface area (Å²) in [6, 6.07) is 9.83. The molecule has 100 valence electrons. The average Bonchev–Trinajstić information content (AvgIpc) is 2.93. The predicted octanol–water partition coefficient (Wildman–Crippen LogP) is 2.77. The summed E-state index contributed by atoms with van der Waals surface area (Å²) in [6.07, 6.45) is 3.36. The quantitative estimate of drug-likeness (QED) is 0.768. The molecule has 0 bridgehead atoms. The average molecular weight is 269 g/mol. The molecule has 1 aromatic carbocycles. The molecule has 0 spiro atoms. The maximum Gasteiger partial charge on any atom is 0.123 e. The van der Waals surface area contributed by atoms with Crippen LogP contribution in [0.3, 0.4) is 0 Å². The van der Waals surface area contributed by atoms with Gasteiger partial charge in [-0.25, -0.2) is 4.39 Å². The zero-order valence-corrected chi connectivity index (χ0v) is 10.5. The van der Waals surface area contributed by atoms with Gasteiger partial charge in [-0.1, -0.05) is 0 Å². The molecule has 3 rings (SSSR count). The molecule has 20 heavy (non-hydrogen) atoms. The number of hydrogen-bond acceptors (Lipinski definition) is 3. The Bertz CT molecular complexity index is 708. The lowest BCUT2D eigenvalue weighted by atomic mass is 10.00. The lowest BCUT2D eigenvalue weighted by molar-refractivity contribution is 0.277. The van der Waals surface area contributed by atoms with Crippen LogP contribution in [0.1, 0.15) is 5.69 Å². The largest absolute Gasteiger partial charge is 0.390 e. The minimum Gasteiger partial charge on any atom is -0.390 e. The van der Waals surface area contributed by atoms with Gasteiger partial charge >= 0.3 is 0 Å². The smallest absolute Gasteiger partial charge is 0.123 e. The number of nitrogens with one attached hydrogen (secondary N) is 1. The van der Waals surface area contributed by atoms with Crippen molar-refractivity contribution < 1.29 is 9.50 Å². The zero-order chi connectivity index (χ0) is 13.9. The van der Waals surface area contributed by atoms with E-state index in [4.69, 9.17) is 0 Å². The third-order valence-electron chi connectivity index (χ3n) is 3.09. The zero-order valence-electron chi connectivity index (χ0n) is 10.5. The lowest BCUT2D eigenvalue weighted by Crippen LogP contribution is -1.89. The maximum absolute atomic E-state index is 13.0. The summed E-state index contributed by atoms with van der Waals surface area (Å²) in [6.45, 7) is -0.171. The number of halogens is 1. The summed E-state index contributed by atoms with van der Waals surface area (Å²) in [5.41, 5.74) is 3.82. The van der Waals surface area contributed by atoms with Crippen molar-refractivity contribution in [2.75, 3.05) is 0 Å². The highest BCUT2D eigenvalue weighted by atomic mass is 19.1. The van der Waals surface area contributed by atoms with Crippen LogP contribution >= 0.6 is 0 Å². The van der Waals surface area contributed by atoms with Gasteiger partial charge in [0, 0.05) is 23.5 Å². The first-order chi connectivity index (χ1) is 9.79. The number of aromatic amines is 1. The molecular weight excluding hydrogens is 257 g/mol. The van der Waals surface area contributed by atoms with E-state index in [1.54, 1.807) is 24.5 Å². The van der Waals surface area contributed by atoms with Crippen LogP contribution < -0.4 is 0 Å². The van der Waals surface area contributed by atoms with Crippen molar-refractivity contribution in [2.24, 2.45) is 0 Å². The summed E-state index contributed by atoms with van der Waals surface area (Å²) in [5.74, 6) is -0.291. The van der Waals surface area contributed by atoms with Crippen molar-refractivity contribution in [3.63, 3.8) is 0 Å². The number of pyridine rings is 1. The van der Waals surface area contributed by atoms with E-state index in [1.165, 1.54) is 12.1 Å². The molecule has 0 aliphatic heterocycles. The molecule has 5 heteroatoms. The number of aliphatic hydroxyl groups excluding tert-OH is 1. The summed E-state index contributed by atoms with van der Waals surface area (Å²) in [5, 5.41) is 16.5. The fraction of sp³-hybridized carbons (Fsp3) is 0.0667. The standard InChI is InChI=1S/C15H12FN3O/c16-12-3-1-11(2-4-12)15-14(13(9-20)18-19-15)10-5-7-17-8-6-10/h1-8,20H,9H2,(H,18,19). The molecule has 0 amide bonds. The Morgan fingerprint density at radius 3 is 2.35 bits per heavy atom. The van der Waals surface area contributed by atoms with Crippen molar-refractivity contribution in [3.8, 4) is 22.4 Å². The van der Waals surface area contributed by atoms with E-state index in [0.717, 1.165) is 22.4 Å². The van der Waals surface area contributed by atoms with Crippen molar-refractivity contribution in [1.82, 2.24) is 15.2 Å². The highest BCUT2D eigenvalue weighted by Crippen LogP contribution is 2.32. The van der Waals surface area contributed by atoms with E-state index < -0.39 is 0 Å². The van der Waals surface area contributed by atoms with Crippen molar-refractivity contribution in [1.29, 1.82) is 0 Å². The number of nitrogens with zero attached hydrogens (tertiary/aromatic N) is 2. The lowest BCUT2D eigenvalue weighted by Gasteiger charge is -2.05. The molecule has 0 saturated carbocycles. The SMILES string of the molecule is OCc1n[nH]c(-c2ccc(F)cc2)c1-c1ccncc1. The predicted molar refractivity (Wildman–Crippen MR) is 73.1 cm³/mol. The molecule has 0 aliphatic carbocycles. The van der Waals surface area contributed by atoms with E-state index in [2.05, 4.69) is 15.2 Å². The molecule has 0 saturated heterocycles. The topological polar surface area (TPSA) is 61.8 Å². The van der Waals surface area contributed by atoms with Crippen LogP contribution in [0.15, 0.2) is 48.8 Å². The minimum absolute atomic E-state index is 0.171. The summed E-state index contributed by atoms with van der Waals surface area (Å²) in [4.78, 5) is 3.98. The van der Waals surface area contributed by atoms with Gasteiger partial charge in [-0.2, -0.15) is 5.10 Å². The van der Waals surface area contributed by atoms with E-state index >= 15 is 0 Å². The minimum atomic E-state index is -0.291.